The quantitative estimate of drug-likeness (QED) is 0.890. The summed E-state index contributed by atoms with van der Waals surface area (Å²) in [5, 5.41) is 2.79. The number of methoxy groups -OCH3 is 1. The third-order valence-electron chi connectivity index (χ3n) is 3.63. The van der Waals surface area contributed by atoms with Gasteiger partial charge in [-0.25, -0.2) is 14.2 Å². The fraction of sp³-hybridized carbons (Fsp3) is 0.250. The van der Waals surface area contributed by atoms with Gasteiger partial charge in [0.05, 0.1) is 7.11 Å². The van der Waals surface area contributed by atoms with Crippen molar-refractivity contribution in [2.24, 2.45) is 0 Å². The standard InChI is InChI=1S/C16H15BrFN3O2/c1-23-14-5-10(4-13(18)7-14)8-20-16(22)21-3-2-11-6-12(17)9-19-15(11)21/h4-7,9H,2-3,8H2,1H3,(H,20,22). The molecule has 0 unspecified atom stereocenters. The van der Waals surface area contributed by atoms with E-state index in [1.54, 1.807) is 17.2 Å². The van der Waals surface area contributed by atoms with Crippen molar-refractivity contribution in [3.8, 4) is 5.75 Å². The molecule has 0 saturated heterocycles. The Kier molecular flexibility index (Phi) is 4.47. The molecule has 0 aliphatic carbocycles. The third kappa shape index (κ3) is 3.44. The van der Waals surface area contributed by atoms with Gasteiger partial charge >= 0.3 is 6.03 Å². The van der Waals surface area contributed by atoms with Crippen LogP contribution in [0.1, 0.15) is 11.1 Å². The molecule has 1 aromatic heterocycles. The highest BCUT2D eigenvalue weighted by Crippen LogP contribution is 2.27. The Morgan fingerprint density at radius 1 is 1.43 bits per heavy atom. The lowest BCUT2D eigenvalue weighted by Crippen LogP contribution is -2.38. The number of hydrogen-bond donors (Lipinski definition) is 1. The first-order chi connectivity index (χ1) is 11.1. The smallest absolute Gasteiger partial charge is 0.323 e. The van der Waals surface area contributed by atoms with Crippen LogP contribution in [0.25, 0.3) is 0 Å². The summed E-state index contributed by atoms with van der Waals surface area (Å²) in [5.41, 5.74) is 1.67. The maximum atomic E-state index is 13.5. The molecule has 1 aromatic carbocycles. The van der Waals surface area contributed by atoms with Crippen molar-refractivity contribution < 1.29 is 13.9 Å². The highest BCUT2D eigenvalue weighted by molar-refractivity contribution is 9.10. The number of nitrogens with one attached hydrogen (secondary N) is 1. The number of aromatic nitrogens is 1. The number of carbonyl (C=O) groups is 1. The Morgan fingerprint density at radius 3 is 3.04 bits per heavy atom. The number of benzene rings is 1. The van der Waals surface area contributed by atoms with E-state index >= 15 is 0 Å². The number of ether oxygens (including phenoxy) is 1. The number of amides is 2. The fourth-order valence-electron chi connectivity index (χ4n) is 2.55. The number of rotatable bonds is 3. The molecule has 5 nitrogen and oxygen atoms in total. The molecule has 3 rings (SSSR count). The van der Waals surface area contributed by atoms with E-state index < -0.39 is 5.82 Å². The maximum absolute atomic E-state index is 13.5. The molecule has 0 saturated carbocycles. The summed E-state index contributed by atoms with van der Waals surface area (Å²) in [6, 6.07) is 6.07. The average molecular weight is 380 g/mol. The summed E-state index contributed by atoms with van der Waals surface area (Å²) in [6.45, 7) is 0.798. The summed E-state index contributed by atoms with van der Waals surface area (Å²) in [7, 11) is 1.47. The van der Waals surface area contributed by atoms with Gasteiger partial charge in [0.15, 0.2) is 0 Å². The van der Waals surface area contributed by atoms with Gasteiger partial charge in [0.1, 0.15) is 17.4 Å². The zero-order valence-corrected chi connectivity index (χ0v) is 14.1. The van der Waals surface area contributed by atoms with Crippen molar-refractivity contribution in [1.29, 1.82) is 0 Å². The van der Waals surface area contributed by atoms with Gasteiger partial charge < -0.3 is 10.1 Å². The summed E-state index contributed by atoms with van der Waals surface area (Å²) in [5.74, 6) is 0.696. The van der Waals surface area contributed by atoms with Crippen LogP contribution in [-0.4, -0.2) is 24.7 Å². The molecular formula is C16H15BrFN3O2. The van der Waals surface area contributed by atoms with E-state index in [-0.39, 0.29) is 12.6 Å². The van der Waals surface area contributed by atoms with Crippen molar-refractivity contribution in [2.45, 2.75) is 13.0 Å². The molecule has 1 aliphatic rings. The maximum Gasteiger partial charge on any atom is 0.323 e. The fourth-order valence-corrected chi connectivity index (χ4v) is 2.93. The minimum atomic E-state index is -0.397. The first-order valence-corrected chi connectivity index (χ1v) is 7.89. The second kappa shape index (κ2) is 6.54. The SMILES string of the molecule is COc1cc(F)cc(CNC(=O)N2CCc3cc(Br)cnc32)c1. The number of pyridine rings is 1. The van der Waals surface area contributed by atoms with Crippen LogP contribution in [0.4, 0.5) is 15.0 Å². The van der Waals surface area contributed by atoms with E-state index in [0.717, 1.165) is 16.5 Å². The predicted molar refractivity (Wildman–Crippen MR) is 88.2 cm³/mol. The molecule has 23 heavy (non-hydrogen) atoms. The average Bonchev–Trinajstić information content (AvgIpc) is 2.95. The minimum absolute atomic E-state index is 0.218. The van der Waals surface area contributed by atoms with Crippen LogP contribution in [-0.2, 0) is 13.0 Å². The number of hydrogen-bond acceptors (Lipinski definition) is 3. The van der Waals surface area contributed by atoms with Crippen LogP contribution in [0.5, 0.6) is 5.75 Å². The number of nitrogens with zero attached hydrogens (tertiary/aromatic N) is 2. The van der Waals surface area contributed by atoms with Gasteiger partial charge in [0, 0.05) is 29.8 Å². The third-order valence-corrected chi connectivity index (χ3v) is 4.06. The predicted octanol–water partition coefficient (Wildman–Crippen LogP) is 3.26. The lowest BCUT2D eigenvalue weighted by molar-refractivity contribution is 0.246. The van der Waals surface area contributed by atoms with E-state index in [4.69, 9.17) is 4.74 Å². The van der Waals surface area contributed by atoms with Gasteiger partial charge in [0.25, 0.3) is 0 Å². The molecule has 7 heteroatoms. The molecule has 0 bridgehead atoms. The zero-order valence-electron chi connectivity index (χ0n) is 12.5. The number of carbonyl (C=O) groups excluding carboxylic acids is 1. The van der Waals surface area contributed by atoms with Gasteiger partial charge in [-0.15, -0.1) is 0 Å². The minimum Gasteiger partial charge on any atom is -0.497 e. The number of anilines is 1. The van der Waals surface area contributed by atoms with Crippen LogP contribution in [0, 0.1) is 5.82 Å². The highest BCUT2D eigenvalue weighted by Gasteiger charge is 2.26. The second-order valence-corrected chi connectivity index (χ2v) is 6.11. The van der Waals surface area contributed by atoms with E-state index in [1.807, 2.05) is 6.07 Å². The number of urea groups is 1. The van der Waals surface area contributed by atoms with E-state index in [9.17, 15) is 9.18 Å². The van der Waals surface area contributed by atoms with Crippen molar-refractivity contribution in [1.82, 2.24) is 10.3 Å². The molecule has 0 fully saturated rings. The molecule has 2 aromatic rings. The van der Waals surface area contributed by atoms with Crippen molar-refractivity contribution in [2.75, 3.05) is 18.6 Å². The van der Waals surface area contributed by atoms with E-state index in [0.29, 0.717) is 23.7 Å². The van der Waals surface area contributed by atoms with Crippen LogP contribution in [0.15, 0.2) is 34.9 Å². The van der Waals surface area contributed by atoms with Crippen molar-refractivity contribution in [3.63, 3.8) is 0 Å². The second-order valence-electron chi connectivity index (χ2n) is 5.20. The van der Waals surface area contributed by atoms with E-state index in [1.165, 1.54) is 19.2 Å². The Morgan fingerprint density at radius 2 is 2.26 bits per heavy atom. The summed E-state index contributed by atoms with van der Waals surface area (Å²) >= 11 is 3.37. The molecule has 0 spiro atoms. The van der Waals surface area contributed by atoms with Gasteiger partial charge in [-0.2, -0.15) is 0 Å². The van der Waals surface area contributed by atoms with Crippen LogP contribution in [0.2, 0.25) is 0 Å². The van der Waals surface area contributed by atoms with Gasteiger partial charge in [-0.05, 0) is 51.7 Å². The first-order valence-electron chi connectivity index (χ1n) is 7.10. The Hall–Kier alpha value is -2.15. The molecule has 1 aliphatic heterocycles. The molecule has 0 radical (unpaired) electrons. The number of halogens is 2. The Bertz CT molecular complexity index is 754. The normalized spacial score (nSPS) is 12.9. The zero-order chi connectivity index (χ0) is 16.4. The summed E-state index contributed by atoms with van der Waals surface area (Å²) in [4.78, 5) is 18.2. The molecule has 2 heterocycles. The van der Waals surface area contributed by atoms with Crippen molar-refractivity contribution >= 4 is 27.8 Å². The van der Waals surface area contributed by atoms with Crippen LogP contribution < -0.4 is 15.0 Å². The van der Waals surface area contributed by atoms with Gasteiger partial charge in [-0.1, -0.05) is 0 Å². The molecule has 1 N–H and O–H groups in total. The van der Waals surface area contributed by atoms with Gasteiger partial charge in [0.2, 0.25) is 0 Å². The van der Waals surface area contributed by atoms with Crippen LogP contribution in [0.3, 0.4) is 0 Å². The summed E-state index contributed by atoms with van der Waals surface area (Å²) in [6.07, 6.45) is 2.44. The summed E-state index contributed by atoms with van der Waals surface area (Å²) < 4.78 is 19.4. The molecular weight excluding hydrogens is 365 g/mol. The monoisotopic (exact) mass is 379 g/mol. The van der Waals surface area contributed by atoms with Crippen LogP contribution >= 0.6 is 15.9 Å². The lowest BCUT2D eigenvalue weighted by Gasteiger charge is -2.17. The Balaban J connectivity index is 1.68. The van der Waals surface area contributed by atoms with Gasteiger partial charge in [-0.3, -0.25) is 4.90 Å². The number of fused-ring (bicyclic) bond motifs is 1. The molecule has 2 amide bonds. The van der Waals surface area contributed by atoms with Crippen molar-refractivity contribution in [3.05, 3.63) is 51.9 Å². The lowest BCUT2D eigenvalue weighted by atomic mass is 10.2. The first kappa shape index (κ1) is 15.7. The largest absolute Gasteiger partial charge is 0.497 e. The Labute approximate surface area is 141 Å². The molecule has 0 atom stereocenters. The highest BCUT2D eigenvalue weighted by atomic mass is 79.9. The molecule has 120 valence electrons. The van der Waals surface area contributed by atoms with E-state index in [2.05, 4.69) is 26.2 Å². The topological polar surface area (TPSA) is 54.5 Å².